The molecule has 0 saturated carbocycles. The van der Waals surface area contributed by atoms with Crippen LogP contribution in [0.2, 0.25) is 0 Å². The van der Waals surface area contributed by atoms with Gasteiger partial charge in [0, 0.05) is 5.75 Å². The number of rotatable bonds is 4. The molecule has 0 heterocycles. The van der Waals surface area contributed by atoms with Crippen molar-refractivity contribution in [2.75, 3.05) is 5.75 Å². The lowest BCUT2D eigenvalue weighted by Gasteiger charge is -1.82. The minimum absolute atomic E-state index is 1.02. The molecule has 0 nitrogen and oxygen atoms in total. The van der Waals surface area contributed by atoms with Crippen LogP contribution >= 0.6 is 11.8 Å². The van der Waals surface area contributed by atoms with Crippen LogP contribution in [0.25, 0.3) is 0 Å². The van der Waals surface area contributed by atoms with Crippen molar-refractivity contribution in [3.8, 4) is 0 Å². The summed E-state index contributed by atoms with van der Waals surface area (Å²) in [4.78, 5) is 0. The Morgan fingerprint density at radius 3 is 2.88 bits per heavy atom. The van der Waals surface area contributed by atoms with Crippen molar-refractivity contribution in [1.82, 2.24) is 0 Å². The third-order valence-corrected chi connectivity index (χ3v) is 1.46. The number of hydrogen-bond acceptors (Lipinski definition) is 1. The maximum Gasteiger partial charge on any atom is 0.0152 e. The molecular formula is C7H12S. The van der Waals surface area contributed by atoms with E-state index in [4.69, 9.17) is 0 Å². The van der Waals surface area contributed by atoms with Crippen molar-refractivity contribution in [1.29, 1.82) is 0 Å². The zero-order valence-electron chi connectivity index (χ0n) is 5.26. The van der Waals surface area contributed by atoms with Crippen LogP contribution in [-0.4, -0.2) is 5.75 Å². The van der Waals surface area contributed by atoms with Crippen molar-refractivity contribution >= 4 is 11.8 Å². The average molecular weight is 128 g/mol. The van der Waals surface area contributed by atoms with Crippen molar-refractivity contribution in [3.05, 3.63) is 24.1 Å². The van der Waals surface area contributed by atoms with Gasteiger partial charge in [-0.2, -0.15) is 0 Å². The maximum absolute atomic E-state index is 3.60. The molecule has 0 unspecified atom stereocenters. The van der Waals surface area contributed by atoms with E-state index in [1.54, 1.807) is 11.8 Å². The predicted octanol–water partition coefficient (Wildman–Crippen LogP) is 2.83. The average Bonchev–Trinajstić information content (AvgIpc) is 1.81. The molecule has 0 aromatic heterocycles. The van der Waals surface area contributed by atoms with E-state index in [1.165, 1.54) is 0 Å². The minimum Gasteiger partial charge on any atom is -0.130 e. The summed E-state index contributed by atoms with van der Waals surface area (Å²) in [6.07, 6.45) is 5.18. The molecule has 0 fully saturated rings. The molecular weight excluding hydrogens is 116 g/mol. The van der Waals surface area contributed by atoms with Gasteiger partial charge < -0.3 is 0 Å². The summed E-state index contributed by atoms with van der Waals surface area (Å²) in [6, 6.07) is 0. The first-order valence-electron chi connectivity index (χ1n) is 2.79. The molecule has 1 heteroatoms. The molecule has 0 aliphatic heterocycles. The molecule has 0 N–H and O–H groups in total. The van der Waals surface area contributed by atoms with Gasteiger partial charge in [0.25, 0.3) is 0 Å². The van der Waals surface area contributed by atoms with E-state index in [9.17, 15) is 0 Å². The van der Waals surface area contributed by atoms with E-state index in [2.05, 4.69) is 25.0 Å². The summed E-state index contributed by atoms with van der Waals surface area (Å²) < 4.78 is 0. The van der Waals surface area contributed by atoms with E-state index in [1.807, 2.05) is 6.08 Å². The molecule has 8 heavy (non-hydrogen) atoms. The topological polar surface area (TPSA) is 0 Å². The summed E-state index contributed by atoms with van der Waals surface area (Å²) in [7, 11) is 0. The second kappa shape index (κ2) is 6.83. The predicted molar refractivity (Wildman–Crippen MR) is 42.1 cm³/mol. The second-order valence-corrected chi connectivity index (χ2v) is 2.34. The first-order chi connectivity index (χ1) is 3.91. The minimum atomic E-state index is 1.02. The van der Waals surface area contributed by atoms with E-state index in [0.717, 1.165) is 12.2 Å². The van der Waals surface area contributed by atoms with Gasteiger partial charge in [0.05, 0.1) is 0 Å². The molecule has 0 aromatic carbocycles. The van der Waals surface area contributed by atoms with Gasteiger partial charge in [-0.1, -0.05) is 19.1 Å². The summed E-state index contributed by atoms with van der Waals surface area (Å²) in [5.41, 5.74) is 0. The van der Waals surface area contributed by atoms with Crippen LogP contribution in [0.4, 0.5) is 0 Å². The monoisotopic (exact) mass is 128 g/mol. The van der Waals surface area contributed by atoms with Crippen molar-refractivity contribution in [2.24, 2.45) is 0 Å². The smallest absolute Gasteiger partial charge is 0.0152 e. The summed E-state index contributed by atoms with van der Waals surface area (Å²) in [5.74, 6) is 1.02. The van der Waals surface area contributed by atoms with Crippen molar-refractivity contribution in [3.63, 3.8) is 0 Å². The third kappa shape index (κ3) is 5.83. The molecule has 46 valence electrons. The Balaban J connectivity index is 2.90. The van der Waals surface area contributed by atoms with E-state index < -0.39 is 0 Å². The highest BCUT2D eigenvalue weighted by Crippen LogP contribution is 2.01. The molecule has 0 amide bonds. The normalized spacial score (nSPS) is 10.1. The Morgan fingerprint density at radius 2 is 2.38 bits per heavy atom. The number of hydrogen-bond donors (Lipinski definition) is 0. The highest BCUT2D eigenvalue weighted by molar-refractivity contribution is 8.02. The highest BCUT2D eigenvalue weighted by Gasteiger charge is 1.70. The van der Waals surface area contributed by atoms with Gasteiger partial charge >= 0.3 is 0 Å². The first-order valence-corrected chi connectivity index (χ1v) is 3.84. The van der Waals surface area contributed by atoms with Crippen LogP contribution in [0.3, 0.4) is 0 Å². The van der Waals surface area contributed by atoms with Crippen LogP contribution in [0.1, 0.15) is 13.3 Å². The Bertz CT molecular complexity index is 74.5. The van der Waals surface area contributed by atoms with Crippen LogP contribution in [0, 0.1) is 0 Å². The van der Waals surface area contributed by atoms with Gasteiger partial charge in [0.1, 0.15) is 0 Å². The van der Waals surface area contributed by atoms with Crippen LogP contribution in [0.15, 0.2) is 24.1 Å². The summed E-state index contributed by atoms with van der Waals surface area (Å²) in [5, 5.41) is 2.11. The fourth-order valence-electron chi connectivity index (χ4n) is 0.288. The van der Waals surface area contributed by atoms with Gasteiger partial charge in [0.2, 0.25) is 0 Å². The lowest BCUT2D eigenvalue weighted by atomic mass is 10.5. The molecule has 0 aliphatic rings. The lowest BCUT2D eigenvalue weighted by molar-refractivity contribution is 1.23. The Hall–Kier alpha value is -0.170. The zero-order chi connectivity index (χ0) is 6.24. The standard InChI is InChI=1S/C7H12S/c1-3-5-7-8-6-4-2/h4-5,7H,2-3,6H2,1H3/b7-5+. The number of thioether (sulfide) groups is 1. The highest BCUT2D eigenvalue weighted by atomic mass is 32.2. The van der Waals surface area contributed by atoms with Gasteiger partial charge in [-0.25, -0.2) is 0 Å². The molecule has 0 aromatic rings. The Morgan fingerprint density at radius 1 is 1.62 bits per heavy atom. The zero-order valence-corrected chi connectivity index (χ0v) is 6.08. The SMILES string of the molecule is C=CCS/C=C/CC. The van der Waals surface area contributed by atoms with Gasteiger partial charge in [0.15, 0.2) is 0 Å². The Kier molecular flexibility index (Phi) is 6.68. The molecule has 0 atom stereocenters. The van der Waals surface area contributed by atoms with Gasteiger partial charge in [-0.05, 0) is 11.8 Å². The molecule has 0 radical (unpaired) electrons. The van der Waals surface area contributed by atoms with Crippen LogP contribution < -0.4 is 0 Å². The van der Waals surface area contributed by atoms with Crippen LogP contribution in [-0.2, 0) is 0 Å². The third-order valence-electron chi connectivity index (χ3n) is 0.642. The van der Waals surface area contributed by atoms with E-state index in [-0.39, 0.29) is 0 Å². The molecule has 0 spiro atoms. The van der Waals surface area contributed by atoms with Crippen molar-refractivity contribution < 1.29 is 0 Å². The quantitative estimate of drug-likeness (QED) is 0.414. The number of allylic oxidation sites excluding steroid dienone is 1. The largest absolute Gasteiger partial charge is 0.130 e. The molecule has 0 aliphatic carbocycles. The first kappa shape index (κ1) is 7.83. The fraction of sp³-hybridized carbons (Fsp3) is 0.429. The fourth-order valence-corrected chi connectivity index (χ4v) is 0.864. The summed E-state index contributed by atoms with van der Waals surface area (Å²) >= 11 is 1.78. The van der Waals surface area contributed by atoms with Crippen LogP contribution in [0.5, 0.6) is 0 Å². The molecule has 0 bridgehead atoms. The van der Waals surface area contributed by atoms with Gasteiger partial charge in [-0.15, -0.1) is 18.3 Å². The second-order valence-electron chi connectivity index (χ2n) is 1.40. The Labute approximate surface area is 55.7 Å². The van der Waals surface area contributed by atoms with Gasteiger partial charge in [-0.3, -0.25) is 0 Å². The van der Waals surface area contributed by atoms with E-state index in [0.29, 0.717) is 0 Å². The van der Waals surface area contributed by atoms with Crippen molar-refractivity contribution in [2.45, 2.75) is 13.3 Å². The summed E-state index contributed by atoms with van der Waals surface area (Å²) in [6.45, 7) is 5.73. The van der Waals surface area contributed by atoms with E-state index >= 15 is 0 Å². The lowest BCUT2D eigenvalue weighted by Crippen LogP contribution is -1.60. The maximum atomic E-state index is 3.60. The molecule has 0 rings (SSSR count). The molecule has 0 saturated heterocycles.